The van der Waals surface area contributed by atoms with Crippen molar-refractivity contribution >= 4 is 11.8 Å². The second kappa shape index (κ2) is 6.23. The van der Waals surface area contributed by atoms with Gasteiger partial charge in [-0.15, -0.1) is 0 Å². The molecule has 0 aliphatic rings. The van der Waals surface area contributed by atoms with Crippen LogP contribution in [0.4, 0.5) is 0 Å². The SMILES string of the molecule is COC(=O)CC(O)C(O)c1ccc(C(C)=O)nc1. The third-order valence-corrected chi connectivity index (χ3v) is 2.46. The number of methoxy groups -OCH3 is 1. The molecule has 18 heavy (non-hydrogen) atoms. The second-order valence-electron chi connectivity index (χ2n) is 3.83. The molecule has 2 atom stereocenters. The molecular formula is C12H15NO5. The summed E-state index contributed by atoms with van der Waals surface area (Å²) in [7, 11) is 1.20. The third-order valence-electron chi connectivity index (χ3n) is 2.46. The van der Waals surface area contributed by atoms with Crippen molar-refractivity contribution in [3.63, 3.8) is 0 Å². The van der Waals surface area contributed by atoms with E-state index in [4.69, 9.17) is 0 Å². The Morgan fingerprint density at radius 3 is 2.50 bits per heavy atom. The summed E-state index contributed by atoms with van der Waals surface area (Å²) < 4.78 is 4.39. The molecule has 0 aromatic carbocycles. The zero-order chi connectivity index (χ0) is 13.7. The molecule has 0 spiro atoms. The number of hydrogen-bond donors (Lipinski definition) is 2. The van der Waals surface area contributed by atoms with Crippen molar-refractivity contribution in [3.8, 4) is 0 Å². The number of ether oxygens (including phenoxy) is 1. The van der Waals surface area contributed by atoms with Gasteiger partial charge in [0, 0.05) is 18.7 Å². The molecule has 0 bridgehead atoms. The van der Waals surface area contributed by atoms with Crippen LogP contribution >= 0.6 is 0 Å². The molecule has 0 amide bonds. The predicted molar refractivity (Wildman–Crippen MR) is 61.8 cm³/mol. The van der Waals surface area contributed by atoms with Gasteiger partial charge in [-0.05, 0) is 6.07 Å². The van der Waals surface area contributed by atoms with Gasteiger partial charge in [-0.25, -0.2) is 0 Å². The summed E-state index contributed by atoms with van der Waals surface area (Å²) >= 11 is 0. The molecule has 1 rings (SSSR count). The summed E-state index contributed by atoms with van der Waals surface area (Å²) in [5.41, 5.74) is 0.602. The molecule has 6 nitrogen and oxygen atoms in total. The predicted octanol–water partition coefficient (Wildman–Crippen LogP) is 0.242. The van der Waals surface area contributed by atoms with Crippen molar-refractivity contribution < 1.29 is 24.5 Å². The Morgan fingerprint density at radius 1 is 1.39 bits per heavy atom. The summed E-state index contributed by atoms with van der Waals surface area (Å²) in [6.45, 7) is 1.38. The highest BCUT2D eigenvalue weighted by Crippen LogP contribution is 2.18. The molecule has 0 radical (unpaired) electrons. The molecule has 0 saturated carbocycles. The molecule has 98 valence electrons. The minimum Gasteiger partial charge on any atom is -0.469 e. The molecule has 1 heterocycles. The number of Topliss-reactive ketones (excluding diaryl/α,β-unsaturated/α-hetero) is 1. The molecule has 1 aromatic rings. The first-order valence-electron chi connectivity index (χ1n) is 5.35. The van der Waals surface area contributed by atoms with Crippen molar-refractivity contribution in [1.82, 2.24) is 4.98 Å². The number of aliphatic hydroxyl groups excluding tert-OH is 2. The van der Waals surface area contributed by atoms with E-state index in [1.807, 2.05) is 0 Å². The van der Waals surface area contributed by atoms with Crippen LogP contribution in [0, 0.1) is 0 Å². The molecule has 6 heteroatoms. The van der Waals surface area contributed by atoms with E-state index in [0.717, 1.165) is 0 Å². The van der Waals surface area contributed by atoms with E-state index in [2.05, 4.69) is 9.72 Å². The van der Waals surface area contributed by atoms with Gasteiger partial charge in [0.25, 0.3) is 0 Å². The van der Waals surface area contributed by atoms with Gasteiger partial charge in [0.05, 0.1) is 19.6 Å². The van der Waals surface area contributed by atoms with E-state index >= 15 is 0 Å². The van der Waals surface area contributed by atoms with Gasteiger partial charge < -0.3 is 14.9 Å². The number of hydrogen-bond acceptors (Lipinski definition) is 6. The Bertz CT molecular complexity index is 429. The summed E-state index contributed by atoms with van der Waals surface area (Å²) in [5.74, 6) is -0.805. The lowest BCUT2D eigenvalue weighted by Crippen LogP contribution is -2.22. The zero-order valence-electron chi connectivity index (χ0n) is 10.2. The van der Waals surface area contributed by atoms with Crippen molar-refractivity contribution in [2.45, 2.75) is 25.6 Å². The lowest BCUT2D eigenvalue weighted by molar-refractivity contribution is -0.144. The van der Waals surface area contributed by atoms with Gasteiger partial charge in [0.2, 0.25) is 0 Å². The third kappa shape index (κ3) is 3.61. The maximum Gasteiger partial charge on any atom is 0.308 e. The number of nitrogens with zero attached hydrogens (tertiary/aromatic N) is 1. The van der Waals surface area contributed by atoms with Crippen LogP contribution in [0.2, 0.25) is 0 Å². The number of carbonyl (C=O) groups excluding carboxylic acids is 2. The first-order chi connectivity index (χ1) is 8.45. The number of pyridine rings is 1. The topological polar surface area (TPSA) is 96.7 Å². The minimum atomic E-state index is -1.28. The van der Waals surface area contributed by atoms with Gasteiger partial charge in [0.1, 0.15) is 11.8 Å². The molecule has 0 saturated heterocycles. The summed E-state index contributed by atoms with van der Waals surface area (Å²) in [4.78, 5) is 25.8. The van der Waals surface area contributed by atoms with Crippen LogP contribution in [0.15, 0.2) is 18.3 Å². The molecule has 0 aliphatic carbocycles. The lowest BCUT2D eigenvalue weighted by atomic mass is 10.0. The average Bonchev–Trinajstić information content (AvgIpc) is 2.37. The first kappa shape index (κ1) is 14.3. The normalized spacial score (nSPS) is 13.8. The fourth-order valence-electron chi connectivity index (χ4n) is 1.38. The van der Waals surface area contributed by atoms with E-state index in [9.17, 15) is 19.8 Å². The zero-order valence-corrected chi connectivity index (χ0v) is 10.2. The van der Waals surface area contributed by atoms with Crippen molar-refractivity contribution in [3.05, 3.63) is 29.6 Å². The number of rotatable bonds is 5. The maximum atomic E-state index is 11.0. The van der Waals surface area contributed by atoms with E-state index in [1.165, 1.54) is 32.4 Å². The van der Waals surface area contributed by atoms with Gasteiger partial charge in [0.15, 0.2) is 5.78 Å². The molecule has 0 fully saturated rings. The molecule has 1 aromatic heterocycles. The van der Waals surface area contributed by atoms with E-state index in [1.54, 1.807) is 0 Å². The second-order valence-corrected chi connectivity index (χ2v) is 3.83. The number of carbonyl (C=O) groups is 2. The van der Waals surface area contributed by atoms with Crippen molar-refractivity contribution in [2.24, 2.45) is 0 Å². The number of ketones is 1. The van der Waals surface area contributed by atoms with Crippen LogP contribution < -0.4 is 0 Å². The fraction of sp³-hybridized carbons (Fsp3) is 0.417. The molecular weight excluding hydrogens is 238 g/mol. The monoisotopic (exact) mass is 253 g/mol. The standard InChI is InChI=1S/C12H15NO5/c1-7(14)9-4-3-8(6-13-9)12(17)10(15)5-11(16)18-2/h3-4,6,10,12,15,17H,5H2,1-2H3. The first-order valence-corrected chi connectivity index (χ1v) is 5.35. The minimum absolute atomic E-state index is 0.189. The van der Waals surface area contributed by atoms with Gasteiger partial charge in [-0.1, -0.05) is 6.07 Å². The highest BCUT2D eigenvalue weighted by Gasteiger charge is 2.22. The Morgan fingerprint density at radius 2 is 2.06 bits per heavy atom. The van der Waals surface area contributed by atoms with Crippen LogP contribution in [0.1, 0.15) is 35.5 Å². The van der Waals surface area contributed by atoms with Crippen LogP contribution in [0.3, 0.4) is 0 Å². The number of aliphatic hydroxyl groups is 2. The van der Waals surface area contributed by atoms with Gasteiger partial charge in [-0.3, -0.25) is 14.6 Å². The number of esters is 1. The van der Waals surface area contributed by atoms with Crippen LogP contribution in [0.25, 0.3) is 0 Å². The van der Waals surface area contributed by atoms with Crippen molar-refractivity contribution in [2.75, 3.05) is 7.11 Å². The Hall–Kier alpha value is -1.79. The van der Waals surface area contributed by atoms with E-state index < -0.39 is 18.2 Å². The molecule has 2 N–H and O–H groups in total. The Kier molecular flexibility index (Phi) is 4.94. The summed E-state index contributed by atoms with van der Waals surface area (Å²) in [5, 5.41) is 19.4. The highest BCUT2D eigenvalue weighted by molar-refractivity contribution is 5.91. The van der Waals surface area contributed by atoms with E-state index in [-0.39, 0.29) is 17.9 Å². The summed E-state index contributed by atoms with van der Waals surface area (Å²) in [6, 6.07) is 2.93. The van der Waals surface area contributed by atoms with Crippen LogP contribution in [0.5, 0.6) is 0 Å². The Balaban J connectivity index is 2.74. The van der Waals surface area contributed by atoms with Gasteiger partial charge >= 0.3 is 5.97 Å². The Labute approximate surface area is 104 Å². The number of aromatic nitrogens is 1. The quantitative estimate of drug-likeness (QED) is 0.576. The van der Waals surface area contributed by atoms with Crippen LogP contribution in [-0.4, -0.2) is 40.2 Å². The molecule has 0 aliphatic heterocycles. The molecule has 2 unspecified atom stereocenters. The fourth-order valence-corrected chi connectivity index (χ4v) is 1.38. The van der Waals surface area contributed by atoms with Crippen LogP contribution in [-0.2, 0) is 9.53 Å². The van der Waals surface area contributed by atoms with Crippen molar-refractivity contribution in [1.29, 1.82) is 0 Å². The lowest BCUT2D eigenvalue weighted by Gasteiger charge is -2.16. The summed E-state index contributed by atoms with van der Waals surface area (Å²) in [6.07, 6.45) is -1.55. The highest BCUT2D eigenvalue weighted by atomic mass is 16.5. The maximum absolute atomic E-state index is 11.0. The smallest absolute Gasteiger partial charge is 0.308 e. The largest absolute Gasteiger partial charge is 0.469 e. The van der Waals surface area contributed by atoms with Gasteiger partial charge in [-0.2, -0.15) is 0 Å². The average molecular weight is 253 g/mol. The van der Waals surface area contributed by atoms with E-state index in [0.29, 0.717) is 5.56 Å².